The van der Waals surface area contributed by atoms with Crippen molar-refractivity contribution in [3.05, 3.63) is 60.1 Å². The van der Waals surface area contributed by atoms with Gasteiger partial charge in [0, 0.05) is 5.92 Å². The second-order valence-corrected chi connectivity index (χ2v) is 4.48. The molecule has 90 valence electrons. The normalized spacial score (nSPS) is 29.7. The van der Waals surface area contributed by atoms with E-state index in [2.05, 4.69) is 6.07 Å². The van der Waals surface area contributed by atoms with Gasteiger partial charge in [-0.2, -0.15) is 5.26 Å². The van der Waals surface area contributed by atoms with Gasteiger partial charge in [0.05, 0.1) is 37.2 Å². The molecule has 2 aliphatic rings. The minimum Gasteiger partial charge on any atom is -0.473 e. The Morgan fingerprint density at radius 1 is 1.22 bits per heavy atom. The molecule has 0 N–H and O–H groups in total. The third kappa shape index (κ3) is 1.81. The lowest BCUT2D eigenvalue weighted by Gasteiger charge is -2.35. The van der Waals surface area contributed by atoms with Crippen molar-refractivity contribution < 1.29 is 9.47 Å². The van der Waals surface area contributed by atoms with Gasteiger partial charge in [0.2, 0.25) is 0 Å². The molecule has 3 atom stereocenters. The van der Waals surface area contributed by atoms with E-state index in [1.807, 2.05) is 36.4 Å². The summed E-state index contributed by atoms with van der Waals surface area (Å²) in [6.45, 7) is 0.521. The summed E-state index contributed by atoms with van der Waals surface area (Å²) in [5.41, 5.74) is 2.10. The highest BCUT2D eigenvalue weighted by Crippen LogP contribution is 2.41. The van der Waals surface area contributed by atoms with Crippen LogP contribution in [0.2, 0.25) is 0 Å². The number of allylic oxidation sites excluding steroid dienone is 1. The van der Waals surface area contributed by atoms with Crippen molar-refractivity contribution in [3.8, 4) is 6.07 Å². The van der Waals surface area contributed by atoms with Crippen LogP contribution >= 0.6 is 0 Å². The van der Waals surface area contributed by atoms with E-state index in [9.17, 15) is 5.26 Å². The Morgan fingerprint density at radius 2 is 2.06 bits per heavy atom. The zero-order valence-electron chi connectivity index (χ0n) is 9.82. The summed E-state index contributed by atoms with van der Waals surface area (Å²) in [5.74, 6) is -0.102. The summed E-state index contributed by atoms with van der Waals surface area (Å²) in [6, 6.07) is 12.3. The average molecular weight is 239 g/mol. The second-order valence-electron chi connectivity index (χ2n) is 4.48. The van der Waals surface area contributed by atoms with E-state index in [0.29, 0.717) is 6.61 Å². The van der Waals surface area contributed by atoms with Crippen molar-refractivity contribution in [1.29, 1.82) is 5.26 Å². The molecule has 0 radical (unpaired) electrons. The Hall–Kier alpha value is -2.05. The number of nitriles is 1. The predicted molar refractivity (Wildman–Crippen MR) is 66.0 cm³/mol. The van der Waals surface area contributed by atoms with E-state index in [0.717, 1.165) is 11.1 Å². The first-order valence-corrected chi connectivity index (χ1v) is 5.97. The highest BCUT2D eigenvalue weighted by atomic mass is 16.5. The molecule has 1 aromatic carbocycles. The van der Waals surface area contributed by atoms with E-state index in [-0.39, 0.29) is 17.9 Å². The summed E-state index contributed by atoms with van der Waals surface area (Å²) in [6.07, 6.45) is 5.12. The molecule has 0 spiro atoms. The third-order valence-corrected chi connectivity index (χ3v) is 3.43. The van der Waals surface area contributed by atoms with Gasteiger partial charge >= 0.3 is 0 Å². The zero-order valence-corrected chi connectivity index (χ0v) is 9.82. The molecule has 0 amide bonds. The topological polar surface area (TPSA) is 42.2 Å². The van der Waals surface area contributed by atoms with E-state index in [1.165, 1.54) is 0 Å². The fourth-order valence-electron chi connectivity index (χ4n) is 2.51. The standard InChI is InChI=1S/C15H13NO2/c16-8-14-13-6-7-17-9-12(13)10-18-15(14)11-4-2-1-3-5-11/h1-7,9,13-15H,10H2. The average Bonchev–Trinajstić information content (AvgIpc) is 2.47. The number of hydrogen-bond acceptors (Lipinski definition) is 3. The Morgan fingerprint density at radius 3 is 2.83 bits per heavy atom. The van der Waals surface area contributed by atoms with Gasteiger partial charge in [0.25, 0.3) is 0 Å². The van der Waals surface area contributed by atoms with Gasteiger partial charge in [0.15, 0.2) is 0 Å². The molecular weight excluding hydrogens is 226 g/mol. The van der Waals surface area contributed by atoms with Gasteiger partial charge in [0.1, 0.15) is 0 Å². The molecule has 3 unspecified atom stereocenters. The van der Waals surface area contributed by atoms with Crippen molar-refractivity contribution in [1.82, 2.24) is 0 Å². The van der Waals surface area contributed by atoms with Gasteiger partial charge in [-0.25, -0.2) is 0 Å². The van der Waals surface area contributed by atoms with Crippen molar-refractivity contribution in [2.75, 3.05) is 6.61 Å². The van der Waals surface area contributed by atoms with Crippen LogP contribution in [0.5, 0.6) is 0 Å². The first kappa shape index (κ1) is 11.1. The molecule has 0 aliphatic carbocycles. The van der Waals surface area contributed by atoms with Crippen molar-refractivity contribution >= 4 is 0 Å². The van der Waals surface area contributed by atoms with Crippen LogP contribution in [0, 0.1) is 23.2 Å². The molecule has 3 heteroatoms. The second kappa shape index (κ2) is 4.67. The van der Waals surface area contributed by atoms with Gasteiger partial charge in [-0.3, -0.25) is 0 Å². The molecule has 1 aromatic rings. The Balaban J connectivity index is 1.93. The summed E-state index contributed by atoms with van der Waals surface area (Å²) in [5, 5.41) is 9.43. The van der Waals surface area contributed by atoms with Crippen molar-refractivity contribution in [2.45, 2.75) is 6.10 Å². The predicted octanol–water partition coefficient (Wildman–Crippen LogP) is 2.94. The van der Waals surface area contributed by atoms with Gasteiger partial charge in [-0.05, 0) is 17.2 Å². The first-order chi connectivity index (χ1) is 8.90. The van der Waals surface area contributed by atoms with Gasteiger partial charge in [-0.15, -0.1) is 0 Å². The summed E-state index contributed by atoms with van der Waals surface area (Å²) in [7, 11) is 0. The van der Waals surface area contributed by atoms with E-state index in [4.69, 9.17) is 9.47 Å². The minimum atomic E-state index is -0.201. The lowest BCUT2D eigenvalue weighted by Crippen LogP contribution is -2.32. The molecule has 0 aromatic heterocycles. The maximum atomic E-state index is 9.43. The van der Waals surface area contributed by atoms with Crippen LogP contribution in [0.4, 0.5) is 0 Å². The van der Waals surface area contributed by atoms with E-state index >= 15 is 0 Å². The van der Waals surface area contributed by atoms with E-state index in [1.54, 1.807) is 12.5 Å². The van der Waals surface area contributed by atoms with Crippen LogP contribution in [0.15, 0.2) is 54.5 Å². The summed E-state index contributed by atoms with van der Waals surface area (Å²) < 4.78 is 11.0. The van der Waals surface area contributed by atoms with Gasteiger partial charge in [-0.1, -0.05) is 30.3 Å². The zero-order chi connectivity index (χ0) is 12.4. The number of fused-ring (bicyclic) bond motifs is 1. The highest BCUT2D eigenvalue weighted by molar-refractivity contribution is 5.28. The van der Waals surface area contributed by atoms with Gasteiger partial charge < -0.3 is 9.47 Å². The minimum absolute atomic E-state index is 0.0997. The quantitative estimate of drug-likeness (QED) is 0.756. The molecule has 3 rings (SSSR count). The SMILES string of the molecule is N#CC1C2C=COC=C2COC1c1ccccc1. The van der Waals surface area contributed by atoms with Crippen LogP contribution in [0.25, 0.3) is 0 Å². The van der Waals surface area contributed by atoms with Crippen LogP contribution in [-0.2, 0) is 9.47 Å². The molecule has 2 heterocycles. The van der Waals surface area contributed by atoms with Crippen LogP contribution in [0.1, 0.15) is 11.7 Å². The molecule has 0 saturated carbocycles. The molecule has 18 heavy (non-hydrogen) atoms. The number of benzene rings is 1. The van der Waals surface area contributed by atoms with Crippen LogP contribution in [-0.4, -0.2) is 6.61 Å². The van der Waals surface area contributed by atoms with Crippen LogP contribution in [0.3, 0.4) is 0 Å². The maximum absolute atomic E-state index is 9.43. The lowest BCUT2D eigenvalue weighted by atomic mass is 9.79. The number of ether oxygens (including phenoxy) is 2. The third-order valence-electron chi connectivity index (χ3n) is 3.43. The summed E-state index contributed by atoms with van der Waals surface area (Å²) >= 11 is 0. The summed E-state index contributed by atoms with van der Waals surface area (Å²) in [4.78, 5) is 0. The Labute approximate surface area is 106 Å². The van der Waals surface area contributed by atoms with Crippen molar-refractivity contribution in [3.63, 3.8) is 0 Å². The molecule has 1 saturated heterocycles. The monoisotopic (exact) mass is 239 g/mol. The molecular formula is C15H13NO2. The fourth-order valence-corrected chi connectivity index (χ4v) is 2.51. The number of nitrogens with zero attached hydrogens (tertiary/aromatic N) is 1. The molecule has 1 fully saturated rings. The maximum Gasteiger partial charge on any atom is 0.0996 e. The number of hydrogen-bond donors (Lipinski definition) is 0. The Bertz CT molecular complexity index is 527. The largest absolute Gasteiger partial charge is 0.473 e. The lowest BCUT2D eigenvalue weighted by molar-refractivity contribution is -0.00132. The highest BCUT2D eigenvalue weighted by Gasteiger charge is 2.38. The number of rotatable bonds is 1. The van der Waals surface area contributed by atoms with Crippen LogP contribution < -0.4 is 0 Å². The molecule has 2 aliphatic heterocycles. The van der Waals surface area contributed by atoms with Crippen molar-refractivity contribution in [2.24, 2.45) is 11.8 Å². The van der Waals surface area contributed by atoms with E-state index < -0.39 is 0 Å². The Kier molecular flexibility index (Phi) is 2.87. The first-order valence-electron chi connectivity index (χ1n) is 5.97. The smallest absolute Gasteiger partial charge is 0.0996 e. The fraction of sp³-hybridized carbons (Fsp3) is 0.267. The molecule has 0 bridgehead atoms. The molecule has 3 nitrogen and oxygen atoms in total.